The predicted molar refractivity (Wildman–Crippen MR) is 326 cm³/mol. The molecule has 8 aliphatic rings. The van der Waals surface area contributed by atoms with E-state index in [4.69, 9.17) is 55.9 Å². The van der Waals surface area contributed by atoms with Gasteiger partial charge in [0.1, 0.15) is 23.6 Å². The minimum atomic E-state index is -2.48. The molecule has 8 fully saturated rings. The highest BCUT2D eigenvalue weighted by Gasteiger charge is 2.81. The fourth-order valence-electron chi connectivity index (χ4n) is 18.9. The Balaban J connectivity index is 1.09. The van der Waals surface area contributed by atoms with Gasteiger partial charge >= 0.3 is 11.9 Å². The van der Waals surface area contributed by atoms with Gasteiger partial charge in [-0.15, -0.1) is 0 Å². The van der Waals surface area contributed by atoms with Gasteiger partial charge in [0.15, 0.2) is 49.2 Å². The first-order valence-electron chi connectivity index (χ1n) is 33.2. The van der Waals surface area contributed by atoms with E-state index in [1.54, 1.807) is 31.4 Å². The number of unbranched alkanes of at least 4 members (excludes halogenated alkanes) is 1. The fraction of sp³-hybridized carbons (Fsp3) is 0.877. The summed E-state index contributed by atoms with van der Waals surface area (Å²) in [6, 6.07) is 14.6. The van der Waals surface area contributed by atoms with Crippen LogP contribution in [0.4, 0.5) is 0 Å². The number of methoxy groups -OCH3 is 2. The number of rotatable bonds is 27. The van der Waals surface area contributed by atoms with Crippen molar-refractivity contribution >= 4 is 36.9 Å². The van der Waals surface area contributed by atoms with Crippen molar-refractivity contribution in [1.29, 1.82) is 0 Å². The molecule has 3 heterocycles. The predicted octanol–water partition coefficient (Wildman–Crippen LogP) is 13.4. The smallest absolute Gasteiger partial charge is 0.338 e. The Labute approximate surface area is 502 Å². The zero-order chi connectivity index (χ0) is 60.1. The molecule has 3 aliphatic heterocycles. The van der Waals surface area contributed by atoms with Crippen molar-refractivity contribution in [3.63, 3.8) is 0 Å². The van der Waals surface area contributed by atoms with Crippen LogP contribution in [0.1, 0.15) is 171 Å². The lowest BCUT2D eigenvalue weighted by atomic mass is 9.44. The molecule has 1 spiro atoms. The molecule has 5 aliphatic carbocycles. The molecule has 0 unspecified atom stereocenters. The minimum absolute atomic E-state index is 0.0439. The van der Waals surface area contributed by atoms with Gasteiger partial charge in [0.25, 0.3) is 0 Å². The second-order valence-electron chi connectivity index (χ2n) is 27.4. The van der Waals surface area contributed by atoms with Gasteiger partial charge in [-0.2, -0.15) is 0 Å². The Morgan fingerprint density at radius 1 is 0.675 bits per heavy atom. The van der Waals surface area contributed by atoms with E-state index in [0.29, 0.717) is 35.0 Å². The van der Waals surface area contributed by atoms with E-state index >= 15 is 0 Å². The lowest BCUT2D eigenvalue weighted by Gasteiger charge is -2.62. The van der Waals surface area contributed by atoms with E-state index in [1.165, 1.54) is 26.2 Å². The van der Waals surface area contributed by atoms with Crippen LogP contribution in [-0.4, -0.2) is 142 Å². The van der Waals surface area contributed by atoms with Crippen LogP contribution in [0.5, 0.6) is 5.75 Å². The van der Waals surface area contributed by atoms with Gasteiger partial charge in [0.2, 0.25) is 6.29 Å². The highest BCUT2D eigenvalue weighted by molar-refractivity contribution is 6.74. The van der Waals surface area contributed by atoms with Crippen LogP contribution in [0.15, 0.2) is 24.3 Å². The van der Waals surface area contributed by atoms with Crippen molar-refractivity contribution in [3.05, 3.63) is 29.8 Å². The summed E-state index contributed by atoms with van der Waals surface area (Å²) in [4.78, 5) is 28.6. The molecule has 3 saturated heterocycles. The largest absolute Gasteiger partial charge is 0.497 e. The van der Waals surface area contributed by atoms with Crippen molar-refractivity contribution < 1.29 is 70.6 Å². The third-order valence-corrected chi connectivity index (χ3v) is 38.8. The van der Waals surface area contributed by atoms with Crippen LogP contribution in [0.25, 0.3) is 0 Å². The number of fused-ring (bicyclic) bond motifs is 6. The summed E-state index contributed by atoms with van der Waals surface area (Å²) in [7, 11) is -3.73. The van der Waals surface area contributed by atoms with Crippen molar-refractivity contribution in [2.45, 2.75) is 288 Å². The maximum Gasteiger partial charge on any atom is 0.338 e. The molecule has 1 aromatic rings. The van der Waals surface area contributed by atoms with Gasteiger partial charge in [0, 0.05) is 37.2 Å². The number of carbonyl (C=O) groups excluding carboxylic acids is 2. The minimum Gasteiger partial charge on any atom is -0.497 e. The second kappa shape index (κ2) is 25.6. The molecule has 0 bridgehead atoms. The Morgan fingerprint density at radius 3 is 1.77 bits per heavy atom. The van der Waals surface area contributed by atoms with Crippen LogP contribution in [-0.2, 0) is 56.0 Å². The van der Waals surface area contributed by atoms with Gasteiger partial charge < -0.3 is 61.0 Å². The number of ether oxygens (including phenoxy) is 9. The quantitative estimate of drug-likeness (QED) is 0.0653. The van der Waals surface area contributed by atoms with Crippen LogP contribution in [0, 0.1) is 45.8 Å². The summed E-state index contributed by atoms with van der Waals surface area (Å²) in [6.45, 7) is 30.5. The van der Waals surface area contributed by atoms with Crippen molar-refractivity contribution in [2.75, 3.05) is 27.4 Å². The van der Waals surface area contributed by atoms with Gasteiger partial charge in [-0.05, 0) is 159 Å². The molecule has 1 N–H and O–H groups in total. The van der Waals surface area contributed by atoms with Crippen LogP contribution in [0.3, 0.4) is 0 Å². The van der Waals surface area contributed by atoms with Gasteiger partial charge in [0.05, 0.1) is 50.3 Å². The topological polar surface area (TPSA) is 165 Å². The molecule has 0 amide bonds. The molecular weight excluding hydrogens is 1100 g/mol. The second-order valence-corrected chi connectivity index (χ2v) is 41.6. The lowest BCUT2D eigenvalue weighted by molar-refractivity contribution is -0.376. The molecule has 472 valence electrons. The normalized spacial score (nSPS) is 41.1. The number of esters is 2. The maximum atomic E-state index is 14.8. The van der Waals surface area contributed by atoms with Crippen molar-refractivity contribution in [1.82, 2.24) is 0 Å². The zero-order valence-corrected chi connectivity index (χ0v) is 57.0. The summed E-state index contributed by atoms with van der Waals surface area (Å²) in [5, 5.41) is 13.9. The third-order valence-electron chi connectivity index (χ3n) is 24.9. The zero-order valence-electron chi connectivity index (χ0n) is 54.0. The highest BCUT2D eigenvalue weighted by atomic mass is 28.4. The highest BCUT2D eigenvalue weighted by Crippen LogP contribution is 2.83. The molecule has 0 radical (unpaired) electrons. The number of hydrogen-bond donors (Lipinski definition) is 1. The van der Waals surface area contributed by atoms with Gasteiger partial charge in [-0.25, -0.2) is 4.79 Å². The number of hydrogen-bond acceptors (Lipinski definition) is 15. The lowest BCUT2D eigenvalue weighted by Crippen LogP contribution is -2.66. The van der Waals surface area contributed by atoms with Crippen molar-refractivity contribution in [3.8, 4) is 5.75 Å². The van der Waals surface area contributed by atoms with E-state index in [0.717, 1.165) is 98.8 Å². The first kappa shape index (κ1) is 65.7. The first-order chi connectivity index (χ1) is 39.6. The van der Waals surface area contributed by atoms with Crippen molar-refractivity contribution in [2.24, 2.45) is 45.8 Å². The SMILES string of the molecule is CCCC[C@@]1(O[C@@H]2OC[C@H](O[Si](CC)(CC)CC)[C@H](O[C@@H]3OC[C@@H](O[Si](CC)(CC)CC)[C@H](O[Si](CC)(CC)CC)[C@H]3OC(=O)c3ccc(OC)cc3)[C@H]2OC(C)=O)O[C@H]2C[C@H]3[C@@H]4C[C@@H](OC)[C@]56C[C@H]5CC[C@]6(C)[C@H]4CC[C@]3(C)[C@@]2(O)[C@@H]1C. The Bertz CT molecular complexity index is 2330. The van der Waals surface area contributed by atoms with E-state index in [2.05, 4.69) is 90.0 Å². The summed E-state index contributed by atoms with van der Waals surface area (Å²) >= 11 is 0. The first-order valence-corrected chi connectivity index (χ1v) is 40.8. The average molecular weight is 1220 g/mol. The molecule has 83 heavy (non-hydrogen) atoms. The maximum absolute atomic E-state index is 14.8. The molecule has 1 aromatic carbocycles. The Morgan fingerprint density at radius 2 is 1.23 bits per heavy atom. The van der Waals surface area contributed by atoms with Crippen LogP contribution in [0.2, 0.25) is 54.4 Å². The summed E-state index contributed by atoms with van der Waals surface area (Å²) in [6.07, 6.45) is 1.57. The summed E-state index contributed by atoms with van der Waals surface area (Å²) in [5.41, 5.74) is -0.807. The Kier molecular flexibility index (Phi) is 20.2. The molecule has 20 atom stereocenters. The summed E-state index contributed by atoms with van der Waals surface area (Å²) < 4.78 is 84.1. The number of benzene rings is 1. The third kappa shape index (κ3) is 11.1. The standard InChI is InChI=1S/C65H110O15Si3/c1-17-27-34-64(42(11)65(68)53(76-64)38-49-47-37-52(70-16)63-39-45(63)32-35-61(63,13)48(47)33-36-62(49,65)14)77-60-56(73-43(12)66)54(50(40-72-60)78-81(18-2,19-3)20-4)75-59-57(74-58(67)44-28-30-46(69-15)31-29-44)55(80-83(24-8,25-9)26-10)51(41-71-59)79-82(21-5,22-6)23-7/h28-31,42,45,47-57,59-60,68H,17-27,32-41H2,1-16H3/t42-,45-,47-,48+,49+,50+,51-,52-,53+,54+,55+,56-,57-,59+,60+,61-,62+,63+,64+,65-/m1/s1. The van der Waals surface area contributed by atoms with Gasteiger partial charge in [-0.3, -0.25) is 4.79 Å². The van der Waals surface area contributed by atoms with E-state index in [-0.39, 0.29) is 30.7 Å². The molecule has 0 aromatic heterocycles. The van der Waals surface area contributed by atoms with Crippen LogP contribution >= 0.6 is 0 Å². The molecular formula is C65H110O15Si3. The molecule has 9 rings (SSSR count). The van der Waals surface area contributed by atoms with E-state index in [1.807, 2.05) is 7.11 Å². The van der Waals surface area contributed by atoms with E-state index in [9.17, 15) is 14.7 Å². The molecule has 5 saturated carbocycles. The number of aliphatic hydroxyl groups is 1. The summed E-state index contributed by atoms with van der Waals surface area (Å²) in [5.74, 6) is -0.278. The van der Waals surface area contributed by atoms with Crippen LogP contribution < -0.4 is 4.74 Å². The Hall–Kier alpha value is -1.79. The average Bonchev–Trinajstić information content (AvgIpc) is 1.52. The molecule has 15 nitrogen and oxygen atoms in total. The van der Waals surface area contributed by atoms with E-state index < -0.39 is 115 Å². The fourth-order valence-corrected chi connectivity index (χ4v) is 27.5. The monoisotopic (exact) mass is 1210 g/mol. The number of carbonyl (C=O) groups is 2. The van der Waals surface area contributed by atoms with Gasteiger partial charge in [-0.1, -0.05) is 96.4 Å². The molecule has 18 heteroatoms.